The van der Waals surface area contributed by atoms with E-state index in [0.29, 0.717) is 43.2 Å². The van der Waals surface area contributed by atoms with Crippen LogP contribution in [0.25, 0.3) is 0 Å². The summed E-state index contributed by atoms with van der Waals surface area (Å²) in [6.07, 6.45) is -1.33. The Kier molecular flexibility index (Phi) is 6.03. The first-order valence-electron chi connectivity index (χ1n) is 12.8. The van der Waals surface area contributed by atoms with E-state index < -0.39 is 11.9 Å². The second kappa shape index (κ2) is 9.16. The number of hydrogen-bond acceptors (Lipinski definition) is 6. The Hall–Kier alpha value is -3.31. The van der Waals surface area contributed by atoms with Crippen molar-refractivity contribution < 1.29 is 22.7 Å². The summed E-state index contributed by atoms with van der Waals surface area (Å²) in [5, 5.41) is 8.16. The van der Waals surface area contributed by atoms with E-state index in [1.165, 1.54) is 4.90 Å². The minimum atomic E-state index is -4.61. The number of halogens is 3. The van der Waals surface area contributed by atoms with Crippen LogP contribution in [0.3, 0.4) is 0 Å². The fraction of sp³-hybridized carbons (Fsp3) is 0.481. The van der Waals surface area contributed by atoms with Crippen molar-refractivity contribution in [2.75, 3.05) is 31.2 Å². The van der Waals surface area contributed by atoms with Gasteiger partial charge < -0.3 is 9.30 Å². The first-order chi connectivity index (χ1) is 18.1. The van der Waals surface area contributed by atoms with Gasteiger partial charge in [-0.2, -0.15) is 13.2 Å². The minimum absolute atomic E-state index is 0.0330. The molecular weight excluding hydrogens is 497 g/mol. The van der Waals surface area contributed by atoms with E-state index in [9.17, 15) is 18.0 Å². The standard InChI is InChI=1S/C27H29F3N6O2/c1-17-5-6-35(11-17)12-18-7-22(27(28,29)30)32-23(8-18)36-13-19-3-4-20(9-21(19)25(36)37)26(14-38-15-26)10-24-33-31-16-34(24)2/h3-4,7-9,16-17H,5-6,10-15H2,1-2H3/t17-/m0/s1. The lowest BCUT2D eigenvalue weighted by atomic mass is 9.75. The Morgan fingerprint density at radius 1 is 1.18 bits per heavy atom. The van der Waals surface area contributed by atoms with Gasteiger partial charge in [0.15, 0.2) is 0 Å². The van der Waals surface area contributed by atoms with E-state index >= 15 is 0 Å². The molecule has 2 fully saturated rings. The molecule has 1 aromatic carbocycles. The molecule has 0 unspecified atom stereocenters. The predicted molar refractivity (Wildman–Crippen MR) is 132 cm³/mol. The van der Waals surface area contributed by atoms with Crippen molar-refractivity contribution in [3.05, 3.63) is 70.4 Å². The van der Waals surface area contributed by atoms with Gasteiger partial charge in [-0.25, -0.2) is 4.98 Å². The molecule has 2 aromatic heterocycles. The maximum Gasteiger partial charge on any atom is 0.433 e. The van der Waals surface area contributed by atoms with Crippen LogP contribution < -0.4 is 4.90 Å². The number of nitrogens with zero attached hydrogens (tertiary/aromatic N) is 6. The Morgan fingerprint density at radius 2 is 2.00 bits per heavy atom. The van der Waals surface area contributed by atoms with Crippen LogP contribution >= 0.6 is 0 Å². The number of hydrogen-bond donors (Lipinski definition) is 0. The van der Waals surface area contributed by atoms with E-state index in [1.54, 1.807) is 12.4 Å². The van der Waals surface area contributed by atoms with Crippen LogP contribution in [-0.2, 0) is 42.9 Å². The van der Waals surface area contributed by atoms with E-state index in [-0.39, 0.29) is 23.7 Å². The average molecular weight is 527 g/mol. The zero-order chi connectivity index (χ0) is 26.7. The number of rotatable bonds is 6. The van der Waals surface area contributed by atoms with Gasteiger partial charge in [-0.15, -0.1) is 10.2 Å². The third-order valence-electron chi connectivity index (χ3n) is 7.94. The molecule has 3 aromatic rings. The number of benzene rings is 1. The van der Waals surface area contributed by atoms with Crippen molar-refractivity contribution in [2.45, 2.75) is 44.4 Å². The maximum atomic E-state index is 13.8. The summed E-state index contributed by atoms with van der Waals surface area (Å²) >= 11 is 0. The Balaban J connectivity index is 1.30. The quantitative estimate of drug-likeness (QED) is 0.487. The lowest BCUT2D eigenvalue weighted by Gasteiger charge is -2.41. The third kappa shape index (κ3) is 4.47. The molecule has 0 aliphatic carbocycles. The van der Waals surface area contributed by atoms with Gasteiger partial charge in [-0.1, -0.05) is 19.1 Å². The summed E-state index contributed by atoms with van der Waals surface area (Å²) in [4.78, 5) is 20.9. The summed E-state index contributed by atoms with van der Waals surface area (Å²) in [6.45, 7) is 5.38. The van der Waals surface area contributed by atoms with Crippen LogP contribution in [0, 0.1) is 5.92 Å². The van der Waals surface area contributed by atoms with Gasteiger partial charge in [0.1, 0.15) is 23.7 Å². The van der Waals surface area contributed by atoms with E-state index in [2.05, 4.69) is 27.0 Å². The number of alkyl halides is 3. The number of carbonyl (C=O) groups excluding carboxylic acids is 1. The highest BCUT2D eigenvalue weighted by Crippen LogP contribution is 2.39. The molecule has 1 atom stereocenters. The van der Waals surface area contributed by atoms with Crippen LogP contribution in [0.1, 0.15) is 51.9 Å². The number of aromatic nitrogens is 4. The van der Waals surface area contributed by atoms with Crippen molar-refractivity contribution in [1.82, 2.24) is 24.6 Å². The second-order valence-corrected chi connectivity index (χ2v) is 10.9. The van der Waals surface area contributed by atoms with Crippen molar-refractivity contribution in [2.24, 2.45) is 13.0 Å². The number of carbonyl (C=O) groups is 1. The number of likely N-dealkylation sites (tertiary alicyclic amines) is 1. The Bertz CT molecular complexity index is 1380. The lowest BCUT2D eigenvalue weighted by molar-refractivity contribution is -0.141. The molecule has 11 heteroatoms. The summed E-state index contributed by atoms with van der Waals surface area (Å²) < 4.78 is 48.8. The molecule has 0 radical (unpaired) electrons. The number of ether oxygens (including phenoxy) is 1. The fourth-order valence-electron chi connectivity index (χ4n) is 5.68. The SMILES string of the molecule is C[C@H]1CCN(Cc2cc(N3Cc4ccc(C5(Cc6nncn6C)COC5)cc4C3=O)nc(C(F)(F)F)c2)C1. The molecule has 0 spiro atoms. The first kappa shape index (κ1) is 25.0. The highest BCUT2D eigenvalue weighted by atomic mass is 19.4. The van der Waals surface area contributed by atoms with Gasteiger partial charge >= 0.3 is 6.18 Å². The number of aryl methyl sites for hydroxylation is 1. The van der Waals surface area contributed by atoms with Crippen molar-refractivity contribution in [3.63, 3.8) is 0 Å². The molecular formula is C27H29F3N6O2. The minimum Gasteiger partial charge on any atom is -0.379 e. The zero-order valence-electron chi connectivity index (χ0n) is 21.3. The summed E-state index contributed by atoms with van der Waals surface area (Å²) in [5.41, 5.74) is 1.40. The smallest absolute Gasteiger partial charge is 0.379 e. The monoisotopic (exact) mass is 526 g/mol. The highest BCUT2D eigenvalue weighted by Gasteiger charge is 2.43. The molecule has 2 saturated heterocycles. The molecule has 38 heavy (non-hydrogen) atoms. The van der Waals surface area contributed by atoms with E-state index in [1.807, 2.05) is 29.8 Å². The van der Waals surface area contributed by atoms with Crippen LogP contribution in [0.15, 0.2) is 36.7 Å². The van der Waals surface area contributed by atoms with Crippen LogP contribution in [0.4, 0.5) is 19.0 Å². The molecule has 0 N–H and O–H groups in total. The molecule has 5 heterocycles. The van der Waals surface area contributed by atoms with Gasteiger partial charge in [0.05, 0.1) is 19.8 Å². The van der Waals surface area contributed by atoms with Crippen molar-refractivity contribution >= 4 is 11.7 Å². The molecule has 6 rings (SSSR count). The van der Waals surface area contributed by atoms with Crippen LogP contribution in [0.2, 0.25) is 0 Å². The summed E-state index contributed by atoms with van der Waals surface area (Å²) in [6, 6.07) is 8.45. The third-order valence-corrected chi connectivity index (χ3v) is 7.94. The van der Waals surface area contributed by atoms with Gasteiger partial charge in [0, 0.05) is 37.5 Å². The number of amides is 1. The number of anilines is 1. The predicted octanol–water partition coefficient (Wildman–Crippen LogP) is 3.74. The molecule has 200 valence electrons. The lowest BCUT2D eigenvalue weighted by Crippen LogP contribution is -2.49. The molecule has 0 saturated carbocycles. The van der Waals surface area contributed by atoms with E-state index in [4.69, 9.17) is 4.74 Å². The first-order valence-corrected chi connectivity index (χ1v) is 12.8. The summed E-state index contributed by atoms with van der Waals surface area (Å²) in [7, 11) is 1.88. The zero-order valence-corrected chi connectivity index (χ0v) is 21.3. The molecule has 8 nitrogen and oxygen atoms in total. The molecule has 1 amide bonds. The maximum absolute atomic E-state index is 13.8. The van der Waals surface area contributed by atoms with Crippen LogP contribution in [0.5, 0.6) is 0 Å². The second-order valence-electron chi connectivity index (χ2n) is 10.9. The Labute approximate surface area is 218 Å². The normalized spacial score (nSPS) is 21.1. The van der Waals surface area contributed by atoms with Gasteiger partial charge in [0.2, 0.25) is 0 Å². The largest absolute Gasteiger partial charge is 0.433 e. The topological polar surface area (TPSA) is 76.4 Å². The number of pyridine rings is 1. The van der Waals surface area contributed by atoms with Gasteiger partial charge in [-0.3, -0.25) is 14.6 Å². The highest BCUT2D eigenvalue weighted by molar-refractivity contribution is 6.09. The van der Waals surface area contributed by atoms with Gasteiger partial charge in [0.25, 0.3) is 5.91 Å². The van der Waals surface area contributed by atoms with Crippen molar-refractivity contribution in [1.29, 1.82) is 0 Å². The van der Waals surface area contributed by atoms with E-state index in [0.717, 1.165) is 42.5 Å². The average Bonchev–Trinajstić information content (AvgIpc) is 3.54. The Morgan fingerprint density at radius 3 is 2.63 bits per heavy atom. The molecule has 0 bridgehead atoms. The number of fused-ring (bicyclic) bond motifs is 1. The van der Waals surface area contributed by atoms with Crippen molar-refractivity contribution in [3.8, 4) is 0 Å². The molecule has 3 aliphatic heterocycles. The summed E-state index contributed by atoms with van der Waals surface area (Å²) in [5.74, 6) is 1.02. The van der Waals surface area contributed by atoms with Crippen LogP contribution in [-0.4, -0.2) is 56.9 Å². The fourth-order valence-corrected chi connectivity index (χ4v) is 5.68. The van der Waals surface area contributed by atoms with Gasteiger partial charge in [-0.05, 0) is 53.8 Å². The molecule has 3 aliphatic rings.